The molecule has 0 aromatic carbocycles. The molecule has 0 heterocycles. The van der Waals surface area contributed by atoms with Crippen molar-refractivity contribution in [3.63, 3.8) is 0 Å². The van der Waals surface area contributed by atoms with Crippen molar-refractivity contribution in [1.29, 1.82) is 0 Å². The molecule has 0 N–H and O–H groups in total. The van der Waals surface area contributed by atoms with E-state index in [1.165, 1.54) is 19.3 Å². The van der Waals surface area contributed by atoms with E-state index < -0.39 is 12.3 Å². The number of carbonyl (C=O) groups excluding carboxylic acids is 2. The van der Waals surface area contributed by atoms with Crippen LogP contribution in [0.3, 0.4) is 0 Å². The van der Waals surface area contributed by atoms with Gasteiger partial charge in [0, 0.05) is 0 Å². The monoisotopic (exact) mass is 386 g/mol. The second-order valence-electron chi connectivity index (χ2n) is 7.76. The SMILES string of the molecule is CCCCCC(CCC)COC(=O)OC1CCC(OC(=O)OC(C)C)CC1. The molecule has 1 aliphatic carbocycles. The van der Waals surface area contributed by atoms with Crippen molar-refractivity contribution in [2.75, 3.05) is 6.61 Å². The molecule has 1 rings (SSSR count). The highest BCUT2D eigenvalue weighted by molar-refractivity contribution is 5.60. The van der Waals surface area contributed by atoms with Crippen molar-refractivity contribution in [1.82, 2.24) is 0 Å². The Labute approximate surface area is 164 Å². The van der Waals surface area contributed by atoms with Gasteiger partial charge >= 0.3 is 12.3 Å². The van der Waals surface area contributed by atoms with E-state index in [2.05, 4.69) is 13.8 Å². The van der Waals surface area contributed by atoms with Crippen molar-refractivity contribution >= 4 is 12.3 Å². The van der Waals surface area contributed by atoms with E-state index in [1.807, 2.05) is 0 Å². The zero-order chi connectivity index (χ0) is 20.1. The minimum Gasteiger partial charge on any atom is -0.434 e. The summed E-state index contributed by atoms with van der Waals surface area (Å²) in [6.45, 7) is 8.35. The van der Waals surface area contributed by atoms with Crippen LogP contribution in [0.4, 0.5) is 9.59 Å². The van der Waals surface area contributed by atoms with Crippen LogP contribution in [0.15, 0.2) is 0 Å². The fraction of sp³-hybridized carbons (Fsp3) is 0.905. The summed E-state index contributed by atoms with van der Waals surface area (Å²) in [5.74, 6) is 0.421. The van der Waals surface area contributed by atoms with Gasteiger partial charge in [0.25, 0.3) is 0 Å². The first-order chi connectivity index (χ1) is 12.9. The second kappa shape index (κ2) is 13.7. The normalized spacial score (nSPS) is 20.8. The lowest BCUT2D eigenvalue weighted by molar-refractivity contribution is -0.0347. The molecule has 27 heavy (non-hydrogen) atoms. The number of carbonyl (C=O) groups is 2. The Morgan fingerprint density at radius 2 is 1.44 bits per heavy atom. The Bertz CT molecular complexity index is 415. The number of unbranched alkanes of at least 4 members (excludes halogenated alkanes) is 2. The van der Waals surface area contributed by atoms with Gasteiger partial charge in [-0.3, -0.25) is 0 Å². The minimum atomic E-state index is -0.626. The fourth-order valence-electron chi connectivity index (χ4n) is 3.38. The molecular weight excluding hydrogens is 348 g/mol. The Morgan fingerprint density at radius 3 is 1.96 bits per heavy atom. The molecule has 0 amide bonds. The van der Waals surface area contributed by atoms with E-state index in [9.17, 15) is 9.59 Å². The largest absolute Gasteiger partial charge is 0.508 e. The van der Waals surface area contributed by atoms with E-state index in [-0.39, 0.29) is 18.3 Å². The Kier molecular flexibility index (Phi) is 11.9. The molecule has 1 aliphatic rings. The maximum atomic E-state index is 12.0. The average Bonchev–Trinajstić information content (AvgIpc) is 2.61. The first kappa shape index (κ1) is 23.6. The molecule has 0 saturated heterocycles. The molecule has 6 heteroatoms. The van der Waals surface area contributed by atoms with Crippen molar-refractivity contribution in [3.8, 4) is 0 Å². The summed E-state index contributed by atoms with van der Waals surface area (Å²) >= 11 is 0. The molecule has 0 aromatic rings. The highest BCUT2D eigenvalue weighted by Gasteiger charge is 2.27. The van der Waals surface area contributed by atoms with Crippen molar-refractivity contribution in [2.24, 2.45) is 5.92 Å². The third-order valence-electron chi connectivity index (χ3n) is 4.83. The highest BCUT2D eigenvalue weighted by atomic mass is 16.7. The summed E-state index contributed by atoms with van der Waals surface area (Å²) in [4.78, 5) is 23.5. The number of ether oxygens (including phenoxy) is 4. The van der Waals surface area contributed by atoms with Crippen LogP contribution in [0.2, 0.25) is 0 Å². The van der Waals surface area contributed by atoms with Crippen LogP contribution in [0.25, 0.3) is 0 Å². The smallest absolute Gasteiger partial charge is 0.434 e. The third kappa shape index (κ3) is 11.1. The third-order valence-corrected chi connectivity index (χ3v) is 4.83. The quantitative estimate of drug-likeness (QED) is 0.320. The van der Waals surface area contributed by atoms with Gasteiger partial charge in [0.15, 0.2) is 0 Å². The van der Waals surface area contributed by atoms with Gasteiger partial charge in [0.1, 0.15) is 12.2 Å². The van der Waals surface area contributed by atoms with Gasteiger partial charge in [-0.2, -0.15) is 0 Å². The standard InChI is InChI=1S/C21H38O6/c1-5-7-8-10-17(9-6-2)15-24-20(22)26-18-11-13-19(14-12-18)27-21(23)25-16(3)4/h16-19H,5-15H2,1-4H3. The first-order valence-corrected chi connectivity index (χ1v) is 10.6. The summed E-state index contributed by atoms with van der Waals surface area (Å²) in [5, 5.41) is 0. The molecule has 1 fully saturated rings. The van der Waals surface area contributed by atoms with Crippen LogP contribution in [0.1, 0.15) is 91.9 Å². The maximum absolute atomic E-state index is 12.0. The second-order valence-corrected chi connectivity index (χ2v) is 7.76. The molecule has 0 spiro atoms. The molecule has 0 aliphatic heterocycles. The summed E-state index contributed by atoms with van der Waals surface area (Å²) < 4.78 is 21.1. The maximum Gasteiger partial charge on any atom is 0.508 e. The molecule has 158 valence electrons. The van der Waals surface area contributed by atoms with Gasteiger partial charge < -0.3 is 18.9 Å². The number of rotatable bonds is 11. The number of hydrogen-bond acceptors (Lipinski definition) is 6. The molecule has 1 unspecified atom stereocenters. The molecule has 6 nitrogen and oxygen atoms in total. The van der Waals surface area contributed by atoms with E-state index in [1.54, 1.807) is 13.8 Å². The summed E-state index contributed by atoms with van der Waals surface area (Å²) in [7, 11) is 0. The van der Waals surface area contributed by atoms with Crippen LogP contribution >= 0.6 is 0 Å². The van der Waals surface area contributed by atoms with Crippen molar-refractivity contribution in [3.05, 3.63) is 0 Å². The van der Waals surface area contributed by atoms with Crippen molar-refractivity contribution < 1.29 is 28.5 Å². The fourth-order valence-corrected chi connectivity index (χ4v) is 3.38. The van der Waals surface area contributed by atoms with Gasteiger partial charge in [0.2, 0.25) is 0 Å². The molecule has 1 atom stereocenters. The van der Waals surface area contributed by atoms with Gasteiger partial charge in [-0.15, -0.1) is 0 Å². The van der Waals surface area contributed by atoms with Gasteiger partial charge in [-0.25, -0.2) is 9.59 Å². The number of hydrogen-bond donors (Lipinski definition) is 0. The van der Waals surface area contributed by atoms with Crippen LogP contribution in [-0.2, 0) is 18.9 Å². The molecule has 0 bridgehead atoms. The lowest BCUT2D eigenvalue weighted by Gasteiger charge is -2.28. The van der Waals surface area contributed by atoms with Gasteiger partial charge in [-0.1, -0.05) is 39.5 Å². The molecule has 0 aromatic heterocycles. The van der Waals surface area contributed by atoms with Gasteiger partial charge in [0.05, 0.1) is 12.7 Å². The zero-order valence-corrected chi connectivity index (χ0v) is 17.5. The van der Waals surface area contributed by atoms with Crippen LogP contribution in [0.5, 0.6) is 0 Å². The molecular formula is C21H38O6. The zero-order valence-electron chi connectivity index (χ0n) is 17.5. The summed E-state index contributed by atoms with van der Waals surface area (Å²) in [5.41, 5.74) is 0. The lowest BCUT2D eigenvalue weighted by Crippen LogP contribution is -2.31. The topological polar surface area (TPSA) is 71.1 Å². The Hall–Kier alpha value is -1.46. The van der Waals surface area contributed by atoms with E-state index in [4.69, 9.17) is 18.9 Å². The van der Waals surface area contributed by atoms with Crippen LogP contribution < -0.4 is 0 Å². The van der Waals surface area contributed by atoms with Crippen LogP contribution in [0, 0.1) is 5.92 Å². The summed E-state index contributed by atoms with van der Waals surface area (Å²) in [6.07, 6.45) is 7.83. The lowest BCUT2D eigenvalue weighted by atomic mass is 9.95. The highest BCUT2D eigenvalue weighted by Crippen LogP contribution is 2.24. The minimum absolute atomic E-state index is 0.164. The van der Waals surface area contributed by atoms with Crippen molar-refractivity contribution in [2.45, 2.75) is 110 Å². The molecule has 1 saturated carbocycles. The average molecular weight is 387 g/mol. The van der Waals surface area contributed by atoms with E-state index in [0.717, 1.165) is 19.3 Å². The summed E-state index contributed by atoms with van der Waals surface area (Å²) in [6, 6.07) is 0. The van der Waals surface area contributed by atoms with Crippen LogP contribution in [-0.4, -0.2) is 37.2 Å². The van der Waals surface area contributed by atoms with Gasteiger partial charge in [-0.05, 0) is 58.3 Å². The van der Waals surface area contributed by atoms with E-state index >= 15 is 0 Å². The Morgan fingerprint density at radius 1 is 0.852 bits per heavy atom. The molecule has 0 radical (unpaired) electrons. The predicted molar refractivity (Wildman–Crippen MR) is 104 cm³/mol. The predicted octanol–water partition coefficient (Wildman–Crippen LogP) is 6.01. The Balaban J connectivity index is 2.22. The van der Waals surface area contributed by atoms with E-state index in [0.29, 0.717) is 38.2 Å². The first-order valence-electron chi connectivity index (χ1n) is 10.6.